The molecule has 6 heteroatoms. The summed E-state index contributed by atoms with van der Waals surface area (Å²) in [6.45, 7) is 4.49. The Hall–Kier alpha value is -1.59. The number of carbonyl (C=O) groups is 2. The fraction of sp³-hybridized carbons (Fsp3) is 0.467. The summed E-state index contributed by atoms with van der Waals surface area (Å²) in [5.41, 5.74) is -0.135. The van der Waals surface area contributed by atoms with Gasteiger partial charge in [-0.25, -0.2) is 0 Å². The number of halogens is 1. The molecule has 1 amide bonds. The van der Waals surface area contributed by atoms with Crippen LogP contribution < -0.4 is 5.32 Å². The number of amides is 1. The first-order valence-electron chi connectivity index (χ1n) is 6.86. The molecule has 2 atom stereocenters. The lowest BCUT2D eigenvalue weighted by atomic mass is 9.90. The predicted molar refractivity (Wildman–Crippen MR) is 81.5 cm³/mol. The van der Waals surface area contributed by atoms with Gasteiger partial charge in [0.15, 0.2) is 0 Å². The highest BCUT2D eigenvalue weighted by atomic mass is 35.5. The van der Waals surface area contributed by atoms with Crippen LogP contribution in [0.2, 0.25) is 5.02 Å². The summed E-state index contributed by atoms with van der Waals surface area (Å²) in [6, 6.07) is 6.56. The summed E-state index contributed by atoms with van der Waals surface area (Å²) in [7, 11) is 0. The summed E-state index contributed by atoms with van der Waals surface area (Å²) >= 11 is 5.88. The average Bonchev–Trinajstić information content (AvgIpc) is 2.82. The second-order valence-corrected chi connectivity index (χ2v) is 6.20. The highest BCUT2D eigenvalue weighted by molar-refractivity contribution is 6.30. The quantitative estimate of drug-likeness (QED) is 0.896. The first kappa shape index (κ1) is 15.8. The first-order valence-corrected chi connectivity index (χ1v) is 7.23. The molecule has 0 bridgehead atoms. The van der Waals surface area contributed by atoms with Crippen molar-refractivity contribution in [1.29, 1.82) is 0 Å². The van der Waals surface area contributed by atoms with Crippen molar-refractivity contribution in [3.63, 3.8) is 0 Å². The van der Waals surface area contributed by atoms with Crippen LogP contribution in [0.4, 0.5) is 5.69 Å². The zero-order chi connectivity index (χ0) is 15.6. The number of carboxylic acid groups (broad SMARTS) is 1. The zero-order valence-corrected chi connectivity index (χ0v) is 12.9. The summed E-state index contributed by atoms with van der Waals surface area (Å²) in [6.07, 6.45) is 0.553. The van der Waals surface area contributed by atoms with E-state index in [9.17, 15) is 14.7 Å². The number of carbonyl (C=O) groups excluding carboxylic acids is 1. The molecule has 0 radical (unpaired) electrons. The largest absolute Gasteiger partial charge is 0.481 e. The summed E-state index contributed by atoms with van der Waals surface area (Å²) < 4.78 is 0. The Morgan fingerprint density at radius 2 is 2.19 bits per heavy atom. The van der Waals surface area contributed by atoms with Gasteiger partial charge in [-0.3, -0.25) is 14.5 Å². The maximum atomic E-state index is 12.2. The molecule has 1 aliphatic heterocycles. The number of hydrogen-bond acceptors (Lipinski definition) is 3. The molecule has 1 fully saturated rings. The van der Waals surface area contributed by atoms with Crippen LogP contribution in [0.3, 0.4) is 0 Å². The van der Waals surface area contributed by atoms with Gasteiger partial charge in [-0.05, 0) is 38.5 Å². The van der Waals surface area contributed by atoms with Crippen LogP contribution in [0.15, 0.2) is 24.3 Å². The minimum atomic E-state index is -0.813. The van der Waals surface area contributed by atoms with Crippen molar-refractivity contribution in [2.45, 2.75) is 26.3 Å². The lowest BCUT2D eigenvalue weighted by Gasteiger charge is -2.25. The number of carboxylic acids is 1. The normalized spacial score (nSPS) is 23.8. The lowest BCUT2D eigenvalue weighted by Crippen LogP contribution is -2.42. The molecule has 5 nitrogen and oxygen atoms in total. The van der Waals surface area contributed by atoms with E-state index in [-0.39, 0.29) is 11.9 Å². The van der Waals surface area contributed by atoms with Crippen LogP contribution >= 0.6 is 11.6 Å². The van der Waals surface area contributed by atoms with Crippen LogP contribution in [0.5, 0.6) is 0 Å². The van der Waals surface area contributed by atoms with Crippen LogP contribution in [0, 0.1) is 5.41 Å². The predicted octanol–water partition coefficient (Wildman–Crippen LogP) is 2.46. The second-order valence-electron chi connectivity index (χ2n) is 5.76. The van der Waals surface area contributed by atoms with Crippen LogP contribution in [-0.4, -0.2) is 41.0 Å². The van der Waals surface area contributed by atoms with Crippen molar-refractivity contribution in [1.82, 2.24) is 4.90 Å². The van der Waals surface area contributed by atoms with Crippen LogP contribution in [0.25, 0.3) is 0 Å². The van der Waals surface area contributed by atoms with Gasteiger partial charge in [-0.2, -0.15) is 0 Å². The van der Waals surface area contributed by atoms with Gasteiger partial charge in [-0.15, -0.1) is 0 Å². The van der Waals surface area contributed by atoms with E-state index in [1.54, 1.807) is 38.1 Å². The van der Waals surface area contributed by atoms with Crippen LogP contribution in [-0.2, 0) is 9.59 Å². The summed E-state index contributed by atoms with van der Waals surface area (Å²) in [5, 5.41) is 12.6. The zero-order valence-electron chi connectivity index (χ0n) is 12.1. The Bertz CT molecular complexity index is 564. The monoisotopic (exact) mass is 310 g/mol. The van der Waals surface area contributed by atoms with E-state index in [1.807, 2.05) is 4.90 Å². The molecule has 2 N–H and O–H groups in total. The molecule has 1 heterocycles. The van der Waals surface area contributed by atoms with Crippen molar-refractivity contribution in [3.05, 3.63) is 29.3 Å². The Balaban J connectivity index is 1.99. The molecule has 2 rings (SSSR count). The molecule has 1 aromatic rings. The lowest BCUT2D eigenvalue weighted by molar-refractivity contribution is -0.147. The standard InChI is InChI=1S/C15H19ClN2O3/c1-10(18-7-6-15(2,9-18)14(20)21)13(19)17-12-5-3-4-11(16)8-12/h3-5,8,10H,6-7,9H2,1-2H3,(H,17,19)(H,20,21). The molecule has 0 aromatic heterocycles. The fourth-order valence-corrected chi connectivity index (χ4v) is 2.67. The smallest absolute Gasteiger partial charge is 0.310 e. The number of nitrogens with zero attached hydrogens (tertiary/aromatic N) is 1. The molecule has 0 saturated carbocycles. The highest BCUT2D eigenvalue weighted by Gasteiger charge is 2.42. The molecule has 1 aliphatic rings. The summed E-state index contributed by atoms with van der Waals surface area (Å²) in [5.74, 6) is -0.973. The van der Waals surface area contributed by atoms with E-state index in [2.05, 4.69) is 5.32 Å². The number of likely N-dealkylation sites (tertiary alicyclic amines) is 1. The molecular weight excluding hydrogens is 292 g/mol. The van der Waals surface area contributed by atoms with E-state index in [1.165, 1.54) is 0 Å². The topological polar surface area (TPSA) is 69.6 Å². The molecule has 2 unspecified atom stereocenters. The Morgan fingerprint density at radius 1 is 1.48 bits per heavy atom. The SMILES string of the molecule is CC(C(=O)Nc1cccc(Cl)c1)N1CCC(C)(C(=O)O)C1. The van der Waals surface area contributed by atoms with Gasteiger partial charge in [0.2, 0.25) is 5.91 Å². The molecular formula is C15H19ClN2O3. The number of anilines is 1. The minimum Gasteiger partial charge on any atom is -0.481 e. The molecule has 1 aromatic carbocycles. The Morgan fingerprint density at radius 3 is 2.76 bits per heavy atom. The second kappa shape index (κ2) is 6.03. The van der Waals surface area contributed by atoms with Gasteiger partial charge >= 0.3 is 5.97 Å². The molecule has 0 spiro atoms. The van der Waals surface area contributed by atoms with Crippen molar-refractivity contribution < 1.29 is 14.7 Å². The van der Waals surface area contributed by atoms with Gasteiger partial charge in [0.1, 0.15) is 0 Å². The van der Waals surface area contributed by atoms with E-state index < -0.39 is 11.4 Å². The minimum absolute atomic E-state index is 0.160. The van der Waals surface area contributed by atoms with Gasteiger partial charge in [0.25, 0.3) is 0 Å². The Labute approximate surface area is 128 Å². The fourth-order valence-electron chi connectivity index (χ4n) is 2.48. The maximum Gasteiger partial charge on any atom is 0.310 e. The van der Waals surface area contributed by atoms with E-state index in [0.29, 0.717) is 30.2 Å². The third kappa shape index (κ3) is 3.54. The molecule has 114 valence electrons. The van der Waals surface area contributed by atoms with Crippen LogP contribution in [0.1, 0.15) is 20.3 Å². The number of nitrogens with one attached hydrogen (secondary N) is 1. The van der Waals surface area contributed by atoms with Gasteiger partial charge in [0, 0.05) is 23.8 Å². The highest BCUT2D eigenvalue weighted by Crippen LogP contribution is 2.31. The van der Waals surface area contributed by atoms with Gasteiger partial charge in [0.05, 0.1) is 11.5 Å². The number of rotatable bonds is 4. The van der Waals surface area contributed by atoms with Gasteiger partial charge in [-0.1, -0.05) is 17.7 Å². The first-order chi connectivity index (χ1) is 9.82. The van der Waals surface area contributed by atoms with Gasteiger partial charge < -0.3 is 10.4 Å². The third-order valence-corrected chi connectivity index (χ3v) is 4.27. The number of benzene rings is 1. The Kier molecular flexibility index (Phi) is 4.54. The van der Waals surface area contributed by atoms with E-state index >= 15 is 0 Å². The summed E-state index contributed by atoms with van der Waals surface area (Å²) in [4.78, 5) is 25.4. The van der Waals surface area contributed by atoms with Crippen molar-refractivity contribution in [2.24, 2.45) is 5.41 Å². The number of hydrogen-bond donors (Lipinski definition) is 2. The maximum absolute atomic E-state index is 12.2. The average molecular weight is 311 g/mol. The molecule has 1 saturated heterocycles. The van der Waals surface area contributed by atoms with Crippen molar-refractivity contribution >= 4 is 29.2 Å². The molecule has 21 heavy (non-hydrogen) atoms. The number of aliphatic carboxylic acids is 1. The molecule has 0 aliphatic carbocycles. The van der Waals surface area contributed by atoms with Crippen molar-refractivity contribution in [2.75, 3.05) is 18.4 Å². The van der Waals surface area contributed by atoms with E-state index in [4.69, 9.17) is 11.6 Å². The van der Waals surface area contributed by atoms with E-state index in [0.717, 1.165) is 0 Å². The van der Waals surface area contributed by atoms with Crippen molar-refractivity contribution in [3.8, 4) is 0 Å². The third-order valence-electron chi connectivity index (χ3n) is 4.04.